The van der Waals surface area contributed by atoms with Gasteiger partial charge in [-0.2, -0.15) is 0 Å². The van der Waals surface area contributed by atoms with E-state index in [0.717, 1.165) is 12.1 Å². The molecule has 0 spiro atoms. The van der Waals surface area contributed by atoms with Gasteiger partial charge in [-0.1, -0.05) is 24.6 Å². The van der Waals surface area contributed by atoms with Crippen LogP contribution in [0.1, 0.15) is 13.3 Å². The largest absolute Gasteiger partial charge is 0.490 e. The molecular formula is C12H17Cl2NO2. The summed E-state index contributed by atoms with van der Waals surface area (Å²) in [4.78, 5) is 0. The van der Waals surface area contributed by atoms with Gasteiger partial charge in [0.05, 0.1) is 29.3 Å². The number of alkyl halides is 1. The van der Waals surface area contributed by atoms with Gasteiger partial charge in [0.15, 0.2) is 5.75 Å². The highest BCUT2D eigenvalue weighted by atomic mass is 35.5. The van der Waals surface area contributed by atoms with E-state index >= 15 is 0 Å². The number of aliphatic hydroxyl groups excluding tert-OH is 1. The van der Waals surface area contributed by atoms with E-state index in [2.05, 4.69) is 5.32 Å². The lowest BCUT2D eigenvalue weighted by molar-refractivity contribution is 0.211. The molecule has 0 aliphatic heterocycles. The van der Waals surface area contributed by atoms with Crippen molar-refractivity contribution in [2.45, 2.75) is 19.4 Å². The molecular weight excluding hydrogens is 261 g/mol. The first-order chi connectivity index (χ1) is 8.19. The Bertz CT molecular complexity index is 347. The molecule has 2 N–H and O–H groups in total. The molecule has 1 rings (SSSR count). The number of benzene rings is 1. The summed E-state index contributed by atoms with van der Waals surface area (Å²) >= 11 is 11.6. The van der Waals surface area contributed by atoms with Gasteiger partial charge < -0.3 is 15.2 Å². The molecule has 3 nitrogen and oxygen atoms in total. The summed E-state index contributed by atoms with van der Waals surface area (Å²) in [6.45, 7) is 3.00. The number of rotatable bonds is 7. The third kappa shape index (κ3) is 4.62. The van der Waals surface area contributed by atoms with E-state index in [1.807, 2.05) is 19.1 Å². The maximum atomic E-state index is 9.39. The van der Waals surface area contributed by atoms with E-state index in [1.165, 1.54) is 0 Å². The second kappa shape index (κ2) is 7.64. The Labute approximate surface area is 112 Å². The van der Waals surface area contributed by atoms with E-state index in [1.54, 1.807) is 6.07 Å². The van der Waals surface area contributed by atoms with Crippen LogP contribution >= 0.6 is 23.2 Å². The lowest BCUT2D eigenvalue weighted by Gasteiger charge is -2.15. The third-order valence-electron chi connectivity index (χ3n) is 2.12. The van der Waals surface area contributed by atoms with Gasteiger partial charge in [0, 0.05) is 6.54 Å². The molecule has 0 heterocycles. The molecule has 0 amide bonds. The molecule has 0 aliphatic carbocycles. The highest BCUT2D eigenvalue weighted by Crippen LogP contribution is 2.32. The maximum Gasteiger partial charge on any atom is 0.160 e. The minimum absolute atomic E-state index is 0.193. The summed E-state index contributed by atoms with van der Waals surface area (Å²) in [7, 11) is 0. The van der Waals surface area contributed by atoms with Crippen LogP contribution in [-0.2, 0) is 0 Å². The molecule has 5 heteroatoms. The highest BCUT2D eigenvalue weighted by molar-refractivity contribution is 6.32. The van der Waals surface area contributed by atoms with Crippen LogP contribution in [0.15, 0.2) is 18.2 Å². The van der Waals surface area contributed by atoms with E-state index in [9.17, 15) is 5.11 Å². The van der Waals surface area contributed by atoms with Crippen molar-refractivity contribution in [2.24, 2.45) is 0 Å². The molecule has 1 aromatic carbocycles. The zero-order chi connectivity index (χ0) is 12.7. The van der Waals surface area contributed by atoms with Gasteiger partial charge >= 0.3 is 0 Å². The van der Waals surface area contributed by atoms with Crippen LogP contribution in [0.4, 0.5) is 5.69 Å². The van der Waals surface area contributed by atoms with Crippen molar-refractivity contribution >= 4 is 28.9 Å². The Kier molecular flexibility index (Phi) is 6.48. The van der Waals surface area contributed by atoms with E-state index < -0.39 is 6.10 Å². The zero-order valence-corrected chi connectivity index (χ0v) is 11.3. The Morgan fingerprint density at radius 3 is 2.88 bits per heavy atom. The molecule has 96 valence electrons. The number of anilines is 1. The van der Waals surface area contributed by atoms with Gasteiger partial charge in [-0.15, -0.1) is 11.6 Å². The number of aliphatic hydroxyl groups is 1. The van der Waals surface area contributed by atoms with Gasteiger partial charge in [0.25, 0.3) is 0 Å². The Balaban J connectivity index is 2.72. The average molecular weight is 278 g/mol. The highest BCUT2D eigenvalue weighted by Gasteiger charge is 2.09. The molecule has 1 aromatic rings. The quantitative estimate of drug-likeness (QED) is 0.753. The van der Waals surface area contributed by atoms with Gasteiger partial charge in [-0.05, 0) is 18.6 Å². The summed E-state index contributed by atoms with van der Waals surface area (Å²) in [5.74, 6) is 0.816. The molecule has 0 radical (unpaired) electrons. The molecule has 0 aromatic heterocycles. The van der Waals surface area contributed by atoms with Crippen molar-refractivity contribution < 1.29 is 9.84 Å². The van der Waals surface area contributed by atoms with E-state index in [0.29, 0.717) is 23.9 Å². The predicted octanol–water partition coefficient (Wildman–Crippen LogP) is 3.14. The zero-order valence-electron chi connectivity index (χ0n) is 9.75. The van der Waals surface area contributed by atoms with Gasteiger partial charge in [-0.3, -0.25) is 0 Å². The lowest BCUT2D eigenvalue weighted by Crippen LogP contribution is -2.21. The Morgan fingerprint density at radius 1 is 1.47 bits per heavy atom. The fourth-order valence-electron chi connectivity index (χ4n) is 1.28. The number of hydrogen-bond donors (Lipinski definition) is 2. The van der Waals surface area contributed by atoms with E-state index in [-0.39, 0.29) is 5.88 Å². The smallest absolute Gasteiger partial charge is 0.160 e. The van der Waals surface area contributed by atoms with Crippen molar-refractivity contribution in [1.29, 1.82) is 0 Å². The second-order valence-electron chi connectivity index (χ2n) is 3.65. The minimum atomic E-state index is -0.588. The summed E-state index contributed by atoms with van der Waals surface area (Å²) in [6, 6.07) is 5.46. The van der Waals surface area contributed by atoms with Crippen LogP contribution in [-0.4, -0.2) is 30.2 Å². The van der Waals surface area contributed by atoms with Crippen LogP contribution < -0.4 is 10.1 Å². The summed E-state index contributed by atoms with van der Waals surface area (Å²) in [5, 5.41) is 13.0. The fourth-order valence-corrected chi connectivity index (χ4v) is 1.62. The SMILES string of the molecule is CCCOc1c(Cl)cccc1NCC(O)CCl. The van der Waals surface area contributed by atoms with Crippen LogP contribution in [0.3, 0.4) is 0 Å². The van der Waals surface area contributed by atoms with Crippen molar-refractivity contribution in [3.8, 4) is 5.75 Å². The first kappa shape index (κ1) is 14.4. The summed E-state index contributed by atoms with van der Waals surface area (Å²) in [5.41, 5.74) is 0.773. The molecule has 0 fully saturated rings. The number of ether oxygens (including phenoxy) is 1. The minimum Gasteiger partial charge on any atom is -0.490 e. The molecule has 0 saturated heterocycles. The third-order valence-corrected chi connectivity index (χ3v) is 2.78. The molecule has 0 aliphatic rings. The summed E-state index contributed by atoms with van der Waals surface area (Å²) < 4.78 is 5.57. The first-order valence-corrected chi connectivity index (χ1v) is 6.49. The fraction of sp³-hybridized carbons (Fsp3) is 0.500. The average Bonchev–Trinajstić information content (AvgIpc) is 2.34. The number of hydrogen-bond acceptors (Lipinski definition) is 3. The lowest BCUT2D eigenvalue weighted by atomic mass is 10.2. The van der Waals surface area contributed by atoms with Crippen molar-refractivity contribution in [1.82, 2.24) is 0 Å². The van der Waals surface area contributed by atoms with Crippen LogP contribution in [0.2, 0.25) is 5.02 Å². The van der Waals surface area contributed by atoms with Crippen LogP contribution in [0.5, 0.6) is 5.75 Å². The second-order valence-corrected chi connectivity index (χ2v) is 4.37. The first-order valence-electron chi connectivity index (χ1n) is 5.58. The molecule has 0 bridgehead atoms. The Hall–Kier alpha value is -0.640. The Morgan fingerprint density at radius 2 is 2.24 bits per heavy atom. The maximum absolute atomic E-state index is 9.39. The van der Waals surface area contributed by atoms with Gasteiger partial charge in [-0.25, -0.2) is 0 Å². The number of para-hydroxylation sites is 1. The van der Waals surface area contributed by atoms with Crippen molar-refractivity contribution in [3.63, 3.8) is 0 Å². The number of halogens is 2. The number of nitrogens with one attached hydrogen (secondary N) is 1. The predicted molar refractivity (Wildman–Crippen MR) is 72.5 cm³/mol. The normalized spacial score (nSPS) is 12.2. The topological polar surface area (TPSA) is 41.5 Å². The molecule has 0 saturated carbocycles. The van der Waals surface area contributed by atoms with Gasteiger partial charge in [0.1, 0.15) is 0 Å². The standard InChI is InChI=1S/C12H17Cl2NO2/c1-2-6-17-12-10(14)4-3-5-11(12)15-8-9(16)7-13/h3-5,9,15-16H,2,6-8H2,1H3. The van der Waals surface area contributed by atoms with Crippen LogP contribution in [0.25, 0.3) is 0 Å². The molecule has 1 atom stereocenters. The summed E-state index contributed by atoms with van der Waals surface area (Å²) in [6.07, 6.45) is 0.323. The molecule has 1 unspecified atom stereocenters. The molecule has 17 heavy (non-hydrogen) atoms. The van der Waals surface area contributed by atoms with Gasteiger partial charge in [0.2, 0.25) is 0 Å². The van der Waals surface area contributed by atoms with Crippen molar-refractivity contribution in [2.75, 3.05) is 24.3 Å². The van der Waals surface area contributed by atoms with Crippen LogP contribution in [0, 0.1) is 0 Å². The monoisotopic (exact) mass is 277 g/mol. The van der Waals surface area contributed by atoms with E-state index in [4.69, 9.17) is 27.9 Å². The van der Waals surface area contributed by atoms with Crippen molar-refractivity contribution in [3.05, 3.63) is 23.2 Å².